The third-order valence-electron chi connectivity index (χ3n) is 9.09. The molecule has 0 heteroatoms. The molecule has 4 aliphatic carbocycles. The molecule has 3 fully saturated rings. The van der Waals surface area contributed by atoms with Crippen LogP contribution in [0.2, 0.25) is 0 Å². The minimum Gasteiger partial charge on any atom is -0.103 e. The molecule has 0 aliphatic heterocycles. The first-order valence-corrected chi connectivity index (χ1v) is 10.5. The lowest BCUT2D eigenvalue weighted by molar-refractivity contribution is -0.0567. The molecule has 0 N–H and O–H groups in total. The van der Waals surface area contributed by atoms with Gasteiger partial charge in [-0.15, -0.1) is 6.58 Å². The third-order valence-corrected chi connectivity index (χ3v) is 9.09. The van der Waals surface area contributed by atoms with Crippen LogP contribution in [0, 0.1) is 40.4 Å². The molecular weight excluding hydrogens is 288 g/mol. The summed E-state index contributed by atoms with van der Waals surface area (Å²) in [7, 11) is 0. The summed E-state index contributed by atoms with van der Waals surface area (Å²) in [5, 5.41) is 0. The first-order valence-electron chi connectivity index (χ1n) is 10.5. The Morgan fingerprint density at radius 3 is 2.67 bits per heavy atom. The van der Waals surface area contributed by atoms with Gasteiger partial charge in [0, 0.05) is 0 Å². The van der Waals surface area contributed by atoms with Crippen molar-refractivity contribution >= 4 is 0 Å². The lowest BCUT2D eigenvalue weighted by Gasteiger charge is -2.60. The highest BCUT2D eigenvalue weighted by Gasteiger charge is 2.59. The Bertz CT molecular complexity index is 581. The van der Waals surface area contributed by atoms with E-state index in [9.17, 15) is 0 Å². The van der Waals surface area contributed by atoms with Gasteiger partial charge in [0.1, 0.15) is 0 Å². The quantitative estimate of drug-likeness (QED) is 0.482. The van der Waals surface area contributed by atoms with Gasteiger partial charge in [-0.3, -0.25) is 0 Å². The van der Waals surface area contributed by atoms with Crippen molar-refractivity contribution < 1.29 is 0 Å². The number of rotatable bonds is 2. The Morgan fingerprint density at radius 1 is 1.17 bits per heavy atom. The Hall–Kier alpha value is -0.780. The first kappa shape index (κ1) is 16.7. The first-order chi connectivity index (χ1) is 11.4. The van der Waals surface area contributed by atoms with Gasteiger partial charge in [0.25, 0.3) is 0 Å². The molecule has 24 heavy (non-hydrogen) atoms. The van der Waals surface area contributed by atoms with E-state index in [4.69, 9.17) is 0 Å². The molecule has 3 saturated carbocycles. The van der Waals surface area contributed by atoms with Crippen molar-refractivity contribution in [1.29, 1.82) is 0 Å². The van der Waals surface area contributed by atoms with Gasteiger partial charge in [0.15, 0.2) is 0 Å². The van der Waals surface area contributed by atoms with Crippen LogP contribution in [-0.4, -0.2) is 0 Å². The maximum Gasteiger partial charge on any atom is -0.00762 e. The summed E-state index contributed by atoms with van der Waals surface area (Å²) in [6, 6.07) is 0. The lowest BCUT2D eigenvalue weighted by atomic mass is 9.45. The zero-order valence-electron chi connectivity index (χ0n) is 16.1. The van der Waals surface area contributed by atoms with Crippen LogP contribution in [0.25, 0.3) is 0 Å². The molecule has 4 aliphatic rings. The summed E-state index contributed by atoms with van der Waals surface area (Å²) < 4.78 is 0. The highest BCUT2D eigenvalue weighted by molar-refractivity contribution is 5.35. The summed E-state index contributed by atoms with van der Waals surface area (Å²) in [5.41, 5.74) is 4.16. The number of allylic oxidation sites excluding steroid dienone is 4. The van der Waals surface area contributed by atoms with Crippen molar-refractivity contribution in [2.24, 2.45) is 40.4 Å². The van der Waals surface area contributed by atoms with E-state index in [1.807, 2.05) is 0 Å². The molecule has 7 atom stereocenters. The van der Waals surface area contributed by atoms with E-state index in [1.54, 1.807) is 5.57 Å². The average Bonchev–Trinajstić information content (AvgIpc) is 2.91. The van der Waals surface area contributed by atoms with E-state index >= 15 is 0 Å². The highest BCUT2D eigenvalue weighted by atomic mass is 14.6. The molecule has 0 spiro atoms. The van der Waals surface area contributed by atoms with Crippen molar-refractivity contribution in [2.75, 3.05) is 0 Å². The van der Waals surface area contributed by atoms with Crippen LogP contribution in [0.1, 0.15) is 72.1 Å². The van der Waals surface area contributed by atoms with Gasteiger partial charge < -0.3 is 0 Å². The van der Waals surface area contributed by atoms with Crippen molar-refractivity contribution in [1.82, 2.24) is 0 Å². The third kappa shape index (κ3) is 2.10. The molecule has 0 aromatic carbocycles. The number of fused-ring (bicyclic) bond motifs is 5. The topological polar surface area (TPSA) is 0 Å². The highest BCUT2D eigenvalue weighted by Crippen LogP contribution is 2.68. The Balaban J connectivity index is 1.73. The van der Waals surface area contributed by atoms with Crippen molar-refractivity contribution in [2.45, 2.75) is 72.1 Å². The molecule has 4 rings (SSSR count). The summed E-state index contributed by atoms with van der Waals surface area (Å²) in [6.45, 7) is 16.1. The second-order valence-corrected chi connectivity index (χ2v) is 9.86. The molecule has 132 valence electrons. The van der Waals surface area contributed by atoms with Crippen LogP contribution >= 0.6 is 0 Å². The minimum absolute atomic E-state index is 0.457. The maximum atomic E-state index is 4.31. The van der Waals surface area contributed by atoms with Crippen molar-refractivity contribution in [3.8, 4) is 0 Å². The lowest BCUT2D eigenvalue weighted by Crippen LogP contribution is -2.52. The van der Waals surface area contributed by atoms with E-state index < -0.39 is 0 Å². The molecule has 5 unspecified atom stereocenters. The predicted octanol–water partition coefficient (Wildman–Crippen LogP) is 6.94. The van der Waals surface area contributed by atoms with Gasteiger partial charge in [-0.05, 0) is 91.8 Å². The SMILES string of the molecule is C=C[C@H]1CCC2C3CC(CC)C4=CC(=C)CCC4(C)C3CC[C@@]21C. The second-order valence-electron chi connectivity index (χ2n) is 9.86. The van der Waals surface area contributed by atoms with Crippen LogP contribution in [-0.2, 0) is 0 Å². The Morgan fingerprint density at radius 2 is 1.96 bits per heavy atom. The maximum absolute atomic E-state index is 4.31. The smallest absolute Gasteiger partial charge is 0.00762 e. The van der Waals surface area contributed by atoms with Crippen molar-refractivity contribution in [3.63, 3.8) is 0 Å². The van der Waals surface area contributed by atoms with E-state index in [2.05, 4.69) is 46.1 Å². The van der Waals surface area contributed by atoms with Gasteiger partial charge in [-0.1, -0.05) is 50.6 Å². The van der Waals surface area contributed by atoms with Gasteiger partial charge >= 0.3 is 0 Å². The summed E-state index contributed by atoms with van der Waals surface area (Å²) in [5.74, 6) is 4.38. The van der Waals surface area contributed by atoms with Gasteiger partial charge in [0.05, 0.1) is 0 Å². The van der Waals surface area contributed by atoms with E-state index in [0.29, 0.717) is 10.8 Å². The molecule has 0 saturated heterocycles. The van der Waals surface area contributed by atoms with Crippen LogP contribution in [0.3, 0.4) is 0 Å². The summed E-state index contributed by atoms with van der Waals surface area (Å²) >= 11 is 0. The molecule has 0 heterocycles. The fraction of sp³-hybridized carbons (Fsp3) is 0.750. The molecule has 0 bridgehead atoms. The van der Waals surface area contributed by atoms with E-state index in [1.165, 1.54) is 56.9 Å². The van der Waals surface area contributed by atoms with Crippen LogP contribution in [0.4, 0.5) is 0 Å². The fourth-order valence-electron chi connectivity index (χ4n) is 7.68. The molecule has 0 aromatic heterocycles. The predicted molar refractivity (Wildman–Crippen MR) is 104 cm³/mol. The zero-order valence-corrected chi connectivity index (χ0v) is 16.1. The average molecular weight is 325 g/mol. The van der Waals surface area contributed by atoms with Crippen molar-refractivity contribution in [3.05, 3.63) is 36.5 Å². The largest absolute Gasteiger partial charge is 0.103 e. The van der Waals surface area contributed by atoms with Crippen LogP contribution in [0.5, 0.6) is 0 Å². The van der Waals surface area contributed by atoms with Gasteiger partial charge in [-0.25, -0.2) is 0 Å². The fourth-order valence-corrected chi connectivity index (χ4v) is 7.68. The molecule has 0 nitrogen and oxygen atoms in total. The monoisotopic (exact) mass is 324 g/mol. The second kappa shape index (κ2) is 5.61. The van der Waals surface area contributed by atoms with Gasteiger partial charge in [-0.2, -0.15) is 0 Å². The number of hydrogen-bond acceptors (Lipinski definition) is 0. The summed E-state index contributed by atoms with van der Waals surface area (Å²) in [4.78, 5) is 0. The van der Waals surface area contributed by atoms with Crippen LogP contribution < -0.4 is 0 Å². The standard InChI is InChI=1S/C24H36/c1-6-17-15-19-20-9-8-18(7-2)23(20,4)13-11-21(19)24(5)12-10-16(3)14-22(17)24/h7,14,17-21H,2-3,6,8-13,15H2,1,4-5H3/t17?,18-,19?,20?,21?,23+,24?/m0/s1. The van der Waals surface area contributed by atoms with E-state index in [-0.39, 0.29) is 0 Å². The molecular formula is C24H36. The van der Waals surface area contributed by atoms with Crippen LogP contribution in [0.15, 0.2) is 36.5 Å². The summed E-state index contributed by atoms with van der Waals surface area (Å²) in [6.07, 6.45) is 15.8. The molecule has 0 aromatic rings. The zero-order chi connectivity index (χ0) is 17.1. The molecule has 0 radical (unpaired) electrons. The molecule has 0 amide bonds. The number of hydrogen-bond donors (Lipinski definition) is 0. The minimum atomic E-state index is 0.457. The Kier molecular flexibility index (Phi) is 3.90. The van der Waals surface area contributed by atoms with Gasteiger partial charge in [0.2, 0.25) is 0 Å². The van der Waals surface area contributed by atoms with E-state index in [0.717, 1.165) is 29.6 Å². The normalized spacial score (nSPS) is 50.5. The Labute approximate surface area is 149 Å².